The number of Topliss-reactive ketones (excluding diaryl/α,β-unsaturated/α-hetero) is 1. The highest BCUT2D eigenvalue weighted by Crippen LogP contribution is 2.36. The van der Waals surface area contributed by atoms with Crippen LogP contribution in [0.2, 0.25) is 0 Å². The number of aryl methyl sites for hydroxylation is 1. The highest BCUT2D eigenvalue weighted by molar-refractivity contribution is 6.17. The van der Waals surface area contributed by atoms with Gasteiger partial charge in [-0.15, -0.1) is 0 Å². The van der Waals surface area contributed by atoms with E-state index in [4.69, 9.17) is 4.99 Å². The highest BCUT2D eigenvalue weighted by Gasteiger charge is 2.36. The zero-order valence-corrected chi connectivity index (χ0v) is 19.9. The molecule has 4 aromatic rings. The normalized spacial score (nSPS) is 21.8. The zero-order valence-electron chi connectivity index (χ0n) is 19.9. The van der Waals surface area contributed by atoms with E-state index in [1.807, 2.05) is 54.5 Å². The van der Waals surface area contributed by atoms with Crippen molar-refractivity contribution in [3.05, 3.63) is 83.3 Å². The Morgan fingerprint density at radius 3 is 3.00 bits per heavy atom. The second-order valence-corrected chi connectivity index (χ2v) is 10.1. The summed E-state index contributed by atoms with van der Waals surface area (Å²) in [6.45, 7) is 1.11. The first-order valence-electron chi connectivity index (χ1n) is 12.3. The Balaban J connectivity index is 1.19. The number of ketones is 1. The number of aliphatic hydroxyl groups is 1. The maximum atomic E-state index is 13.3. The molecule has 1 fully saturated rings. The lowest BCUT2D eigenvalue weighted by Crippen LogP contribution is -2.40. The minimum atomic E-state index is -0.808. The van der Waals surface area contributed by atoms with E-state index in [1.165, 1.54) is 0 Å². The molecule has 0 spiro atoms. The van der Waals surface area contributed by atoms with Crippen molar-refractivity contribution in [1.82, 2.24) is 19.6 Å². The number of benzene rings is 2. The number of nitrogens with zero attached hydrogens (tertiary/aromatic N) is 5. The van der Waals surface area contributed by atoms with Crippen molar-refractivity contribution < 1.29 is 9.90 Å². The number of hydrogen-bond donors (Lipinski definition) is 1. The topological polar surface area (TPSA) is 85.3 Å². The van der Waals surface area contributed by atoms with Crippen LogP contribution in [-0.4, -0.2) is 41.8 Å². The van der Waals surface area contributed by atoms with Crippen LogP contribution in [0.1, 0.15) is 59.2 Å². The molecule has 2 atom stereocenters. The summed E-state index contributed by atoms with van der Waals surface area (Å²) in [5.41, 5.74) is 5.04. The van der Waals surface area contributed by atoms with E-state index < -0.39 is 5.60 Å². The predicted molar refractivity (Wildman–Crippen MR) is 135 cm³/mol. The number of aromatic nitrogens is 4. The fourth-order valence-electron chi connectivity index (χ4n) is 5.76. The van der Waals surface area contributed by atoms with Crippen LogP contribution in [0, 0.1) is 5.92 Å². The van der Waals surface area contributed by atoms with Gasteiger partial charge < -0.3 is 5.11 Å². The van der Waals surface area contributed by atoms with E-state index in [9.17, 15) is 9.90 Å². The lowest BCUT2D eigenvalue weighted by Gasteiger charge is -2.36. The summed E-state index contributed by atoms with van der Waals surface area (Å²) in [6.07, 6.45) is 9.33. The molecule has 1 saturated carbocycles. The number of aliphatic imine (C=N–C) groups is 1. The summed E-state index contributed by atoms with van der Waals surface area (Å²) >= 11 is 0. The molecule has 1 aliphatic heterocycles. The fraction of sp³-hybridized carbons (Fsp3) is 0.357. The van der Waals surface area contributed by atoms with Gasteiger partial charge in [0.05, 0.1) is 29.9 Å². The van der Waals surface area contributed by atoms with Crippen molar-refractivity contribution in [2.45, 2.75) is 50.8 Å². The van der Waals surface area contributed by atoms with Crippen molar-refractivity contribution in [2.24, 2.45) is 18.0 Å². The van der Waals surface area contributed by atoms with E-state index in [-0.39, 0.29) is 11.7 Å². The molecule has 7 heteroatoms. The number of carbonyl (C=O) groups excluding carboxylic acids is 1. The Morgan fingerprint density at radius 1 is 1.23 bits per heavy atom. The smallest absolute Gasteiger partial charge is 0.163 e. The third-order valence-corrected chi connectivity index (χ3v) is 7.40. The number of hydrogen-bond acceptors (Lipinski definition) is 5. The largest absolute Gasteiger partial charge is 0.388 e. The average Bonchev–Trinajstić information content (AvgIpc) is 3.57. The van der Waals surface area contributed by atoms with Crippen LogP contribution in [0.4, 0.5) is 0 Å². The maximum absolute atomic E-state index is 13.3. The van der Waals surface area contributed by atoms with Crippen molar-refractivity contribution in [3.8, 4) is 0 Å². The molecular weight excluding hydrogens is 438 g/mol. The van der Waals surface area contributed by atoms with E-state index in [1.54, 1.807) is 10.9 Å². The van der Waals surface area contributed by atoms with E-state index in [0.29, 0.717) is 25.9 Å². The molecule has 0 saturated heterocycles. The molecule has 2 aliphatic rings. The van der Waals surface area contributed by atoms with Crippen molar-refractivity contribution >= 4 is 22.4 Å². The fourth-order valence-corrected chi connectivity index (χ4v) is 5.76. The van der Waals surface area contributed by atoms with Gasteiger partial charge in [0.2, 0.25) is 0 Å². The summed E-state index contributed by atoms with van der Waals surface area (Å²) in [6, 6.07) is 14.0. The predicted octanol–water partition coefficient (Wildman–Crippen LogP) is 4.32. The Hall–Kier alpha value is -3.58. The van der Waals surface area contributed by atoms with Gasteiger partial charge in [-0.3, -0.25) is 19.2 Å². The van der Waals surface area contributed by atoms with E-state index in [2.05, 4.69) is 22.3 Å². The Kier molecular flexibility index (Phi) is 5.37. The van der Waals surface area contributed by atoms with Gasteiger partial charge in [-0.1, -0.05) is 24.6 Å². The summed E-state index contributed by atoms with van der Waals surface area (Å²) < 4.78 is 3.60. The minimum Gasteiger partial charge on any atom is -0.388 e. The standard InChI is InChI=1S/C28H29N5O2/c1-32-17-23-13-21(7-8-25(23)31-32)27-24-14-20(5-6-22(24)16-29-27)26(34)12-19-4-2-9-28(35,15-19)18-33-11-3-10-30-33/h3,5-8,10-11,13-14,17,19,35H,2,4,9,12,15-16,18H2,1H3/t19-,28+/m0/s1. The molecule has 7 nitrogen and oxygen atoms in total. The Labute approximate surface area is 204 Å². The molecule has 1 aliphatic carbocycles. The quantitative estimate of drug-likeness (QED) is 0.428. The van der Waals surface area contributed by atoms with Crippen molar-refractivity contribution in [3.63, 3.8) is 0 Å². The first kappa shape index (κ1) is 21.9. The average molecular weight is 468 g/mol. The van der Waals surface area contributed by atoms with Crippen LogP contribution in [0.15, 0.2) is 66.0 Å². The van der Waals surface area contributed by atoms with Gasteiger partial charge in [-0.2, -0.15) is 10.2 Å². The third kappa shape index (κ3) is 4.32. The first-order valence-corrected chi connectivity index (χ1v) is 12.3. The highest BCUT2D eigenvalue weighted by atomic mass is 16.3. The molecule has 2 aromatic heterocycles. The molecule has 178 valence electrons. The summed E-state index contributed by atoms with van der Waals surface area (Å²) in [5.74, 6) is 0.307. The first-order chi connectivity index (χ1) is 17.0. The SMILES string of the molecule is Cn1cc2cc(C3=NCc4ccc(C(=O)C[C@@H]5CCC[C@](O)(Cn6cccn6)C5)cc43)ccc2n1. The third-order valence-electron chi connectivity index (χ3n) is 7.40. The summed E-state index contributed by atoms with van der Waals surface area (Å²) in [5, 5.41) is 20.9. The van der Waals surface area contributed by atoms with Gasteiger partial charge >= 0.3 is 0 Å². The molecule has 35 heavy (non-hydrogen) atoms. The van der Waals surface area contributed by atoms with Gasteiger partial charge in [-0.05, 0) is 55.0 Å². The second kappa shape index (κ2) is 8.57. The molecule has 1 N–H and O–H groups in total. The molecule has 0 radical (unpaired) electrons. The number of fused-ring (bicyclic) bond motifs is 2. The van der Waals surface area contributed by atoms with Crippen LogP contribution >= 0.6 is 0 Å². The van der Waals surface area contributed by atoms with E-state index in [0.717, 1.165) is 58.1 Å². The maximum Gasteiger partial charge on any atom is 0.163 e. The molecular formula is C28H29N5O2. The van der Waals surface area contributed by atoms with Crippen LogP contribution in [0.5, 0.6) is 0 Å². The zero-order chi connectivity index (χ0) is 24.0. The van der Waals surface area contributed by atoms with Gasteiger partial charge in [0.25, 0.3) is 0 Å². The Morgan fingerprint density at radius 2 is 2.14 bits per heavy atom. The molecule has 3 heterocycles. The molecule has 0 amide bonds. The van der Waals surface area contributed by atoms with Crippen LogP contribution in [-0.2, 0) is 20.1 Å². The monoisotopic (exact) mass is 467 g/mol. The molecule has 0 unspecified atom stereocenters. The van der Waals surface area contributed by atoms with Gasteiger partial charge in [0, 0.05) is 54.1 Å². The molecule has 2 aromatic carbocycles. The van der Waals surface area contributed by atoms with Crippen LogP contribution in [0.25, 0.3) is 10.9 Å². The van der Waals surface area contributed by atoms with E-state index >= 15 is 0 Å². The lowest BCUT2D eigenvalue weighted by atomic mass is 9.75. The number of rotatable bonds is 6. The Bertz CT molecular complexity index is 1440. The van der Waals surface area contributed by atoms with Crippen molar-refractivity contribution in [2.75, 3.05) is 0 Å². The number of carbonyl (C=O) groups is 1. The van der Waals surface area contributed by atoms with Gasteiger partial charge in [0.15, 0.2) is 5.78 Å². The lowest BCUT2D eigenvalue weighted by molar-refractivity contribution is -0.0327. The second-order valence-electron chi connectivity index (χ2n) is 10.1. The van der Waals surface area contributed by atoms with Crippen molar-refractivity contribution in [1.29, 1.82) is 0 Å². The van der Waals surface area contributed by atoms with Crippen LogP contribution in [0.3, 0.4) is 0 Å². The summed E-state index contributed by atoms with van der Waals surface area (Å²) in [4.78, 5) is 18.1. The molecule has 0 bridgehead atoms. The minimum absolute atomic E-state index is 0.134. The van der Waals surface area contributed by atoms with Crippen LogP contribution < -0.4 is 0 Å². The molecule has 6 rings (SSSR count). The van der Waals surface area contributed by atoms with Gasteiger partial charge in [-0.25, -0.2) is 0 Å². The summed E-state index contributed by atoms with van der Waals surface area (Å²) in [7, 11) is 1.92. The van der Waals surface area contributed by atoms with Gasteiger partial charge in [0.1, 0.15) is 0 Å².